The van der Waals surface area contributed by atoms with Gasteiger partial charge >= 0.3 is 150 Å². The van der Waals surface area contributed by atoms with Crippen molar-refractivity contribution in [2.24, 2.45) is 4.99 Å². The van der Waals surface area contributed by atoms with Crippen molar-refractivity contribution in [1.82, 2.24) is 0 Å². The van der Waals surface area contributed by atoms with Crippen LogP contribution in [0.25, 0.3) is 0 Å². The van der Waals surface area contributed by atoms with E-state index in [1.54, 1.807) is 0 Å². The molecule has 0 rings (SSSR count). The Bertz CT molecular complexity index is 427. The molecule has 0 atom stereocenters. The molecular weight excluding hydrogens is 373 g/mol. The molecule has 0 aromatic carbocycles. The van der Waals surface area contributed by atoms with Crippen molar-refractivity contribution < 1.29 is 14.6 Å². The molecule has 0 aliphatic carbocycles. The first-order valence-corrected chi connectivity index (χ1v) is 12.6. The van der Waals surface area contributed by atoms with Gasteiger partial charge in [0.25, 0.3) is 0 Å². The van der Waals surface area contributed by atoms with Crippen LogP contribution in [0.15, 0.2) is 4.99 Å². The van der Waals surface area contributed by atoms with E-state index in [1.807, 2.05) is 0 Å². The molecule has 0 fully saturated rings. The molecule has 173 valence electrons. The SMILES string of the molecule is [B]=C(CCCCCCC=NCCCCCCCCO)OC(=O)CCCCCCCC. The third kappa shape index (κ3) is 23.3. The number of esters is 1. The summed E-state index contributed by atoms with van der Waals surface area (Å²) in [5.41, 5.74) is 0.379. The van der Waals surface area contributed by atoms with Crippen LogP contribution in [0.3, 0.4) is 0 Å². The fourth-order valence-corrected chi connectivity index (χ4v) is 3.39. The Labute approximate surface area is 187 Å². The number of rotatable bonds is 23. The van der Waals surface area contributed by atoms with Crippen molar-refractivity contribution in [2.45, 2.75) is 129 Å². The monoisotopic (exact) mass is 420 g/mol. The number of hydrogen-bond donors (Lipinski definition) is 1. The summed E-state index contributed by atoms with van der Waals surface area (Å²) < 4.78 is 5.22. The van der Waals surface area contributed by atoms with E-state index >= 15 is 0 Å². The number of nitrogens with zero attached hydrogens (tertiary/aromatic N) is 1. The van der Waals surface area contributed by atoms with Crippen LogP contribution >= 0.6 is 0 Å². The molecule has 0 aliphatic rings. The predicted octanol–water partition coefficient (Wildman–Crippen LogP) is 6.32. The molecule has 0 heterocycles. The number of unbranched alkanes of at least 4 members (excludes halogenated alkanes) is 14. The summed E-state index contributed by atoms with van der Waals surface area (Å²) in [6, 6.07) is 0. The Morgan fingerprint density at radius 3 is 2.07 bits per heavy atom. The zero-order valence-electron chi connectivity index (χ0n) is 19.7. The van der Waals surface area contributed by atoms with Crippen molar-refractivity contribution >= 4 is 25.3 Å². The van der Waals surface area contributed by atoms with Gasteiger partial charge in [-0.15, -0.1) is 0 Å². The van der Waals surface area contributed by atoms with Gasteiger partial charge in [-0.25, -0.2) is 0 Å². The molecule has 0 saturated heterocycles. The second kappa shape index (κ2) is 24.3. The molecule has 0 amide bonds. The second-order valence-electron chi connectivity index (χ2n) is 8.34. The molecule has 0 aromatic rings. The van der Waals surface area contributed by atoms with E-state index in [1.165, 1.54) is 51.4 Å². The summed E-state index contributed by atoms with van der Waals surface area (Å²) in [7, 11) is 5.84. The van der Waals surface area contributed by atoms with Gasteiger partial charge in [0.05, 0.1) is 0 Å². The zero-order chi connectivity index (χ0) is 22.1. The molecule has 0 unspecified atom stereocenters. The van der Waals surface area contributed by atoms with Gasteiger partial charge < -0.3 is 5.11 Å². The number of aliphatic hydroxyl groups is 1. The van der Waals surface area contributed by atoms with Crippen molar-refractivity contribution in [3.63, 3.8) is 0 Å². The third-order valence-electron chi connectivity index (χ3n) is 5.31. The molecule has 30 heavy (non-hydrogen) atoms. The number of carbonyl (C=O) groups excluding carboxylic acids is 1. The summed E-state index contributed by atoms with van der Waals surface area (Å²) in [5, 5.41) is 8.72. The Morgan fingerprint density at radius 1 is 0.800 bits per heavy atom. The number of ether oxygens (including phenoxy) is 1. The van der Waals surface area contributed by atoms with Gasteiger partial charge in [0.1, 0.15) is 0 Å². The van der Waals surface area contributed by atoms with E-state index in [-0.39, 0.29) is 5.97 Å². The van der Waals surface area contributed by atoms with E-state index in [0.29, 0.717) is 25.1 Å². The zero-order valence-corrected chi connectivity index (χ0v) is 19.7. The summed E-state index contributed by atoms with van der Waals surface area (Å²) in [6.45, 7) is 3.47. The van der Waals surface area contributed by atoms with Crippen molar-refractivity contribution in [2.75, 3.05) is 13.2 Å². The molecule has 0 aliphatic heterocycles. The maximum absolute atomic E-state index is 11.8. The van der Waals surface area contributed by atoms with Gasteiger partial charge in [0, 0.05) is 6.61 Å². The van der Waals surface area contributed by atoms with E-state index in [0.717, 1.165) is 64.3 Å². The first-order valence-electron chi connectivity index (χ1n) is 12.6. The van der Waals surface area contributed by atoms with Crippen molar-refractivity contribution in [3.8, 4) is 0 Å². The van der Waals surface area contributed by atoms with Gasteiger partial charge in [-0.1, -0.05) is 19.3 Å². The predicted molar refractivity (Wildman–Crippen MR) is 131 cm³/mol. The van der Waals surface area contributed by atoms with Crippen LogP contribution in [0, 0.1) is 0 Å². The Kier molecular flexibility index (Phi) is 23.5. The maximum atomic E-state index is 11.8. The summed E-state index contributed by atoms with van der Waals surface area (Å²) in [5.74, 6) is -0.177. The summed E-state index contributed by atoms with van der Waals surface area (Å²) in [6.07, 6.45) is 22.6. The van der Waals surface area contributed by atoms with Crippen LogP contribution in [-0.4, -0.2) is 43.6 Å². The molecule has 5 heteroatoms. The average molecular weight is 420 g/mol. The van der Waals surface area contributed by atoms with E-state index < -0.39 is 0 Å². The Hall–Kier alpha value is -0.965. The standard InChI is InChI=1S/C25H47BNO3/c1-2-3-4-5-10-15-20-25(29)30-24(26)19-14-9-8-12-17-22-27-21-16-11-6-7-13-18-23-28/h22,28H,2-21,23H2,1H3. The number of aliphatic imine (C=N–C) groups is 1. The minimum atomic E-state index is -0.177. The minimum absolute atomic E-state index is 0.177. The van der Waals surface area contributed by atoms with E-state index in [4.69, 9.17) is 17.3 Å². The first kappa shape index (κ1) is 29.0. The number of hydrogen-bond acceptors (Lipinski definition) is 4. The molecule has 0 spiro atoms. The number of aliphatic hydroxyl groups excluding tert-OH is 1. The molecule has 0 aromatic heterocycles. The fraction of sp³-hybridized carbons (Fsp3) is 0.880. The average Bonchev–Trinajstić information content (AvgIpc) is 2.73. The normalized spacial score (nSPS) is 11.2. The molecule has 0 bridgehead atoms. The van der Waals surface area contributed by atoms with Crippen LogP contribution < -0.4 is 0 Å². The molecule has 4 nitrogen and oxygen atoms in total. The quantitative estimate of drug-likeness (QED) is 0.0910. The van der Waals surface area contributed by atoms with Crippen LogP contribution in [0.2, 0.25) is 0 Å². The molecule has 0 saturated carbocycles. The Morgan fingerprint density at radius 2 is 1.37 bits per heavy atom. The molecular formula is C25H47BNO3. The third-order valence-corrected chi connectivity index (χ3v) is 5.31. The summed E-state index contributed by atoms with van der Waals surface area (Å²) in [4.78, 5) is 16.2. The number of carbonyl (C=O) groups is 1. The molecule has 1 radical (unpaired) electrons. The van der Waals surface area contributed by atoms with Crippen LogP contribution in [0.5, 0.6) is 0 Å². The van der Waals surface area contributed by atoms with Crippen LogP contribution in [0.4, 0.5) is 0 Å². The van der Waals surface area contributed by atoms with Crippen molar-refractivity contribution in [1.29, 1.82) is 0 Å². The first-order chi connectivity index (χ1) is 14.7. The fourth-order valence-electron chi connectivity index (χ4n) is 3.39. The van der Waals surface area contributed by atoms with E-state index in [2.05, 4.69) is 18.1 Å². The second-order valence-corrected chi connectivity index (χ2v) is 8.34. The van der Waals surface area contributed by atoms with Gasteiger partial charge in [-0.2, -0.15) is 0 Å². The van der Waals surface area contributed by atoms with Gasteiger partial charge in [0.15, 0.2) is 0 Å². The van der Waals surface area contributed by atoms with Crippen LogP contribution in [-0.2, 0) is 9.53 Å². The van der Waals surface area contributed by atoms with Gasteiger partial charge in [-0.3, -0.25) is 0 Å². The van der Waals surface area contributed by atoms with Crippen molar-refractivity contribution in [3.05, 3.63) is 0 Å². The topological polar surface area (TPSA) is 58.9 Å². The van der Waals surface area contributed by atoms with E-state index in [9.17, 15) is 4.79 Å². The molecule has 1 N–H and O–H groups in total. The van der Waals surface area contributed by atoms with Gasteiger partial charge in [-0.05, 0) is 6.42 Å². The summed E-state index contributed by atoms with van der Waals surface area (Å²) >= 11 is 0. The van der Waals surface area contributed by atoms with Crippen LogP contribution in [0.1, 0.15) is 129 Å². The Balaban J connectivity index is 3.35. The van der Waals surface area contributed by atoms with Gasteiger partial charge in [0.2, 0.25) is 0 Å².